The van der Waals surface area contributed by atoms with Crippen molar-refractivity contribution >= 4 is 11.6 Å². The Morgan fingerprint density at radius 3 is 2.70 bits per heavy atom. The smallest absolute Gasteiger partial charge is 0.162 e. The first-order valence-electron chi connectivity index (χ1n) is 6.67. The lowest BCUT2D eigenvalue weighted by Gasteiger charge is -2.14. The average Bonchev–Trinajstić information content (AvgIpc) is 2.67. The minimum Gasteiger partial charge on any atom is -0.233 e. The first kappa shape index (κ1) is 13.5. The lowest BCUT2D eigenvalue weighted by molar-refractivity contribution is 0.390. The van der Waals surface area contributed by atoms with Crippen molar-refractivity contribution in [2.75, 3.05) is 0 Å². The number of hydrogen-bond acceptors (Lipinski definition) is 2. The molecule has 0 atom stereocenters. The van der Waals surface area contributed by atoms with Gasteiger partial charge in [0.1, 0.15) is 5.82 Å². The van der Waals surface area contributed by atoms with Crippen molar-refractivity contribution in [1.82, 2.24) is 9.97 Å². The van der Waals surface area contributed by atoms with Gasteiger partial charge in [-0.3, -0.25) is 0 Å². The zero-order chi connectivity index (χ0) is 14.5. The fraction of sp³-hybridized carbons (Fsp3) is 0.375. The first-order chi connectivity index (χ1) is 9.35. The minimum atomic E-state index is -0.342. The third-order valence-corrected chi connectivity index (χ3v) is 4.01. The van der Waals surface area contributed by atoms with Crippen LogP contribution in [-0.4, -0.2) is 9.97 Å². The molecule has 2 nitrogen and oxygen atoms in total. The molecule has 0 unspecified atom stereocenters. The summed E-state index contributed by atoms with van der Waals surface area (Å²) in [6, 6.07) is 4.47. The number of halogens is 2. The van der Waals surface area contributed by atoms with Crippen molar-refractivity contribution in [2.45, 2.75) is 33.6 Å². The van der Waals surface area contributed by atoms with Gasteiger partial charge in [-0.1, -0.05) is 25.4 Å². The van der Waals surface area contributed by atoms with Gasteiger partial charge in [-0.2, -0.15) is 0 Å². The van der Waals surface area contributed by atoms with E-state index in [0.717, 1.165) is 24.2 Å². The molecule has 1 aromatic heterocycles. The van der Waals surface area contributed by atoms with Gasteiger partial charge in [0, 0.05) is 16.4 Å². The summed E-state index contributed by atoms with van der Waals surface area (Å²) in [6.07, 6.45) is 1.88. The lowest BCUT2D eigenvalue weighted by atomic mass is 9.90. The van der Waals surface area contributed by atoms with Crippen LogP contribution in [0.25, 0.3) is 11.4 Å². The largest absolute Gasteiger partial charge is 0.233 e. The lowest BCUT2D eigenvalue weighted by Crippen LogP contribution is -2.10. The van der Waals surface area contributed by atoms with E-state index >= 15 is 0 Å². The summed E-state index contributed by atoms with van der Waals surface area (Å²) in [4.78, 5) is 9.04. The summed E-state index contributed by atoms with van der Waals surface area (Å²) in [7, 11) is 0. The maximum atomic E-state index is 14.0. The molecule has 2 aromatic rings. The number of hydrogen-bond donors (Lipinski definition) is 0. The molecule has 0 spiro atoms. The molecule has 3 rings (SSSR count). The Kier molecular flexibility index (Phi) is 3.05. The van der Waals surface area contributed by atoms with Gasteiger partial charge in [-0.25, -0.2) is 14.4 Å². The molecule has 1 aliphatic rings. The molecule has 0 fully saturated rings. The number of rotatable bonds is 1. The topological polar surface area (TPSA) is 25.8 Å². The molecule has 0 saturated heterocycles. The SMILES string of the molecule is Cc1nc(-c2cc(Cl)ccc2F)nc2c1CC(C)(C)C2. The van der Waals surface area contributed by atoms with Crippen LogP contribution in [0.3, 0.4) is 0 Å². The standard InChI is InChI=1S/C16H16ClFN2/c1-9-12-7-16(2,3)8-14(12)20-15(19-9)11-6-10(17)4-5-13(11)18/h4-6H,7-8H2,1-3H3. The molecule has 1 aromatic carbocycles. The van der Waals surface area contributed by atoms with E-state index in [4.69, 9.17) is 11.6 Å². The monoisotopic (exact) mass is 290 g/mol. The number of fused-ring (bicyclic) bond motifs is 1. The molecule has 20 heavy (non-hydrogen) atoms. The highest BCUT2D eigenvalue weighted by molar-refractivity contribution is 6.30. The van der Waals surface area contributed by atoms with Crippen LogP contribution >= 0.6 is 11.6 Å². The van der Waals surface area contributed by atoms with E-state index in [-0.39, 0.29) is 11.2 Å². The van der Waals surface area contributed by atoms with Gasteiger partial charge < -0.3 is 0 Å². The van der Waals surface area contributed by atoms with E-state index in [1.807, 2.05) is 6.92 Å². The molecule has 4 heteroatoms. The van der Waals surface area contributed by atoms with Crippen molar-refractivity contribution in [1.29, 1.82) is 0 Å². The summed E-state index contributed by atoms with van der Waals surface area (Å²) in [5.41, 5.74) is 3.76. The number of aromatic nitrogens is 2. The molecule has 0 N–H and O–H groups in total. The number of benzene rings is 1. The second kappa shape index (κ2) is 4.52. The Morgan fingerprint density at radius 1 is 1.20 bits per heavy atom. The number of nitrogens with zero attached hydrogens (tertiary/aromatic N) is 2. The predicted octanol–water partition coefficient (Wildman–Crippen LogP) is 4.37. The molecular weight excluding hydrogens is 275 g/mol. The Hall–Kier alpha value is -1.48. The highest BCUT2D eigenvalue weighted by atomic mass is 35.5. The Bertz CT molecular complexity index is 695. The van der Waals surface area contributed by atoms with Gasteiger partial charge in [0.15, 0.2) is 5.82 Å². The van der Waals surface area contributed by atoms with E-state index in [1.165, 1.54) is 17.7 Å². The molecule has 0 bridgehead atoms. The van der Waals surface area contributed by atoms with Crippen molar-refractivity contribution in [3.8, 4) is 11.4 Å². The van der Waals surface area contributed by atoms with Crippen molar-refractivity contribution in [3.63, 3.8) is 0 Å². The Balaban J connectivity index is 2.14. The predicted molar refractivity (Wildman–Crippen MR) is 78.4 cm³/mol. The highest BCUT2D eigenvalue weighted by Crippen LogP contribution is 2.37. The van der Waals surface area contributed by atoms with Crippen LogP contribution in [0.4, 0.5) is 4.39 Å². The third-order valence-electron chi connectivity index (χ3n) is 3.77. The van der Waals surface area contributed by atoms with Crippen molar-refractivity contribution in [2.24, 2.45) is 5.41 Å². The van der Waals surface area contributed by atoms with Gasteiger partial charge in [-0.05, 0) is 48.9 Å². The van der Waals surface area contributed by atoms with E-state index < -0.39 is 0 Å². The maximum Gasteiger partial charge on any atom is 0.162 e. The van der Waals surface area contributed by atoms with Gasteiger partial charge in [0.2, 0.25) is 0 Å². The Morgan fingerprint density at radius 2 is 1.95 bits per heavy atom. The summed E-state index contributed by atoms with van der Waals surface area (Å²) in [5.74, 6) is 0.0879. The van der Waals surface area contributed by atoms with Crippen LogP contribution in [0.15, 0.2) is 18.2 Å². The van der Waals surface area contributed by atoms with Gasteiger partial charge >= 0.3 is 0 Å². The summed E-state index contributed by atoms with van der Waals surface area (Å²) in [5, 5.41) is 0.489. The molecule has 1 heterocycles. The summed E-state index contributed by atoms with van der Waals surface area (Å²) in [6.45, 7) is 6.40. The average molecular weight is 291 g/mol. The molecule has 0 aliphatic heterocycles. The van der Waals surface area contributed by atoms with Crippen LogP contribution in [0, 0.1) is 18.2 Å². The quantitative estimate of drug-likeness (QED) is 0.779. The summed E-state index contributed by atoms with van der Waals surface area (Å²) < 4.78 is 14.0. The van der Waals surface area contributed by atoms with E-state index in [2.05, 4.69) is 23.8 Å². The normalized spacial score (nSPS) is 16.2. The molecular formula is C16H16ClFN2. The number of aryl methyl sites for hydroxylation is 1. The van der Waals surface area contributed by atoms with Crippen molar-refractivity contribution < 1.29 is 4.39 Å². The Labute approximate surface area is 123 Å². The first-order valence-corrected chi connectivity index (χ1v) is 7.05. The van der Waals surface area contributed by atoms with Crippen LogP contribution in [0.5, 0.6) is 0 Å². The second-order valence-electron chi connectivity index (χ2n) is 6.20. The van der Waals surface area contributed by atoms with Crippen LogP contribution in [-0.2, 0) is 12.8 Å². The fourth-order valence-electron chi connectivity index (χ4n) is 2.82. The second-order valence-corrected chi connectivity index (χ2v) is 6.64. The maximum absolute atomic E-state index is 14.0. The molecule has 104 valence electrons. The minimum absolute atomic E-state index is 0.202. The zero-order valence-corrected chi connectivity index (χ0v) is 12.6. The van der Waals surface area contributed by atoms with Crippen LogP contribution in [0.1, 0.15) is 30.8 Å². The zero-order valence-electron chi connectivity index (χ0n) is 11.8. The molecule has 0 radical (unpaired) electrons. The van der Waals surface area contributed by atoms with Crippen LogP contribution in [0.2, 0.25) is 5.02 Å². The van der Waals surface area contributed by atoms with Crippen LogP contribution < -0.4 is 0 Å². The molecule has 0 amide bonds. The van der Waals surface area contributed by atoms with Gasteiger partial charge in [0.25, 0.3) is 0 Å². The summed E-state index contributed by atoms with van der Waals surface area (Å²) >= 11 is 5.95. The van der Waals surface area contributed by atoms with E-state index in [1.54, 1.807) is 6.07 Å². The van der Waals surface area contributed by atoms with E-state index in [0.29, 0.717) is 16.4 Å². The molecule has 1 aliphatic carbocycles. The van der Waals surface area contributed by atoms with E-state index in [9.17, 15) is 4.39 Å². The fourth-order valence-corrected chi connectivity index (χ4v) is 2.99. The highest BCUT2D eigenvalue weighted by Gasteiger charge is 2.31. The van der Waals surface area contributed by atoms with Gasteiger partial charge in [0.05, 0.1) is 5.56 Å². The molecule has 0 saturated carbocycles. The third kappa shape index (κ3) is 2.31. The van der Waals surface area contributed by atoms with Crippen molar-refractivity contribution in [3.05, 3.63) is 46.0 Å². The van der Waals surface area contributed by atoms with Gasteiger partial charge in [-0.15, -0.1) is 0 Å².